The average molecular weight is 344 g/mol. The van der Waals surface area contributed by atoms with Crippen LogP contribution in [0.3, 0.4) is 0 Å². The van der Waals surface area contributed by atoms with Crippen molar-refractivity contribution in [3.05, 3.63) is 28.8 Å². The Bertz CT molecular complexity index is 635. The van der Waals surface area contributed by atoms with Crippen LogP contribution in [0.4, 0.5) is 0 Å². The minimum Gasteiger partial charge on any atom is -0.349 e. The average Bonchev–Trinajstić information content (AvgIpc) is 2.40. The molecule has 1 N–H and O–H groups in total. The highest BCUT2D eigenvalue weighted by atomic mass is 35.5. The lowest BCUT2D eigenvalue weighted by molar-refractivity contribution is 0.0930. The first-order valence-electron chi connectivity index (χ1n) is 7.68. The summed E-state index contributed by atoms with van der Waals surface area (Å²) in [6, 6.07) is 4.56. The molecule has 0 spiro atoms. The summed E-state index contributed by atoms with van der Waals surface area (Å²) in [5.74, 6) is -0.229. The van der Waals surface area contributed by atoms with Crippen LogP contribution >= 0.6 is 11.6 Å². The van der Waals surface area contributed by atoms with E-state index < -0.39 is 9.84 Å². The Morgan fingerprint density at radius 2 is 1.73 bits per heavy atom. The molecule has 2 rings (SSSR count). The van der Waals surface area contributed by atoms with E-state index in [-0.39, 0.29) is 21.9 Å². The number of sulfone groups is 1. The second-order valence-corrected chi connectivity index (χ2v) is 8.32. The third-order valence-corrected chi connectivity index (χ3v) is 5.61. The third kappa shape index (κ3) is 4.71. The van der Waals surface area contributed by atoms with E-state index >= 15 is 0 Å². The van der Waals surface area contributed by atoms with Gasteiger partial charge < -0.3 is 5.32 Å². The van der Waals surface area contributed by atoms with Crippen molar-refractivity contribution in [1.82, 2.24) is 5.32 Å². The van der Waals surface area contributed by atoms with Crippen LogP contribution in [0.1, 0.15) is 55.3 Å². The molecule has 0 saturated heterocycles. The molecule has 1 aromatic rings. The van der Waals surface area contributed by atoms with E-state index in [1.54, 1.807) is 6.07 Å². The maximum atomic E-state index is 12.4. The number of benzene rings is 1. The van der Waals surface area contributed by atoms with Gasteiger partial charge in [-0.2, -0.15) is 0 Å². The van der Waals surface area contributed by atoms with E-state index in [4.69, 9.17) is 11.6 Å². The van der Waals surface area contributed by atoms with Crippen molar-refractivity contribution >= 4 is 27.3 Å². The van der Waals surface area contributed by atoms with Gasteiger partial charge >= 0.3 is 0 Å². The van der Waals surface area contributed by atoms with Gasteiger partial charge in [-0.15, -0.1) is 0 Å². The normalized spacial score (nSPS) is 17.5. The first kappa shape index (κ1) is 17.3. The highest BCUT2D eigenvalue weighted by Gasteiger charge is 2.18. The second kappa shape index (κ2) is 7.47. The molecule has 0 radical (unpaired) electrons. The van der Waals surface area contributed by atoms with Gasteiger partial charge in [-0.25, -0.2) is 8.42 Å². The van der Waals surface area contributed by atoms with E-state index in [2.05, 4.69) is 5.32 Å². The molecule has 22 heavy (non-hydrogen) atoms. The number of carbonyl (C=O) groups excluding carboxylic acids is 1. The molecule has 1 aliphatic carbocycles. The topological polar surface area (TPSA) is 63.2 Å². The Morgan fingerprint density at radius 3 is 2.32 bits per heavy atom. The fourth-order valence-corrected chi connectivity index (χ4v) is 4.10. The fourth-order valence-electron chi connectivity index (χ4n) is 2.80. The summed E-state index contributed by atoms with van der Waals surface area (Å²) in [7, 11) is -3.45. The van der Waals surface area contributed by atoms with Gasteiger partial charge in [0.15, 0.2) is 9.84 Å². The van der Waals surface area contributed by atoms with Crippen LogP contribution in [0.25, 0.3) is 0 Å². The minimum atomic E-state index is -3.45. The van der Waals surface area contributed by atoms with Crippen LogP contribution in [0, 0.1) is 0 Å². The van der Waals surface area contributed by atoms with Crippen LogP contribution in [0.15, 0.2) is 23.1 Å². The zero-order valence-corrected chi connectivity index (χ0v) is 14.3. The quantitative estimate of drug-likeness (QED) is 0.912. The van der Waals surface area contributed by atoms with Crippen molar-refractivity contribution in [2.24, 2.45) is 0 Å². The van der Waals surface area contributed by atoms with Gasteiger partial charge in [0.05, 0.1) is 9.92 Å². The molecule has 122 valence electrons. The molecule has 1 saturated carbocycles. The van der Waals surface area contributed by atoms with Gasteiger partial charge in [0.25, 0.3) is 5.91 Å². The number of carbonyl (C=O) groups is 1. The molecule has 1 amide bonds. The maximum absolute atomic E-state index is 12.4. The summed E-state index contributed by atoms with van der Waals surface area (Å²) in [6.45, 7) is 0. The van der Waals surface area contributed by atoms with Gasteiger partial charge in [0.1, 0.15) is 0 Å². The van der Waals surface area contributed by atoms with Gasteiger partial charge in [-0.05, 0) is 31.0 Å². The third-order valence-electron chi connectivity index (χ3n) is 4.03. The summed E-state index contributed by atoms with van der Waals surface area (Å²) in [5.41, 5.74) is 0.340. The van der Waals surface area contributed by atoms with Crippen molar-refractivity contribution < 1.29 is 13.2 Å². The highest BCUT2D eigenvalue weighted by molar-refractivity contribution is 7.90. The molecule has 0 heterocycles. The number of amides is 1. The second-order valence-electron chi connectivity index (χ2n) is 5.93. The highest BCUT2D eigenvalue weighted by Crippen LogP contribution is 2.23. The number of halogens is 1. The van der Waals surface area contributed by atoms with E-state index in [0.717, 1.165) is 31.9 Å². The zero-order chi connectivity index (χ0) is 16.2. The number of hydrogen-bond acceptors (Lipinski definition) is 3. The summed E-state index contributed by atoms with van der Waals surface area (Å²) < 4.78 is 23.4. The molecule has 0 bridgehead atoms. The Kier molecular flexibility index (Phi) is 5.87. The van der Waals surface area contributed by atoms with Crippen molar-refractivity contribution in [3.8, 4) is 0 Å². The molecule has 6 heteroatoms. The van der Waals surface area contributed by atoms with Crippen LogP contribution in [-0.4, -0.2) is 26.6 Å². The van der Waals surface area contributed by atoms with Gasteiger partial charge in [-0.3, -0.25) is 4.79 Å². The van der Waals surface area contributed by atoms with Gasteiger partial charge in [0, 0.05) is 17.9 Å². The fraction of sp³-hybridized carbons (Fsp3) is 0.562. The lowest BCUT2D eigenvalue weighted by Gasteiger charge is -2.21. The van der Waals surface area contributed by atoms with E-state index in [0.29, 0.717) is 5.56 Å². The molecular formula is C16H22ClNO3S. The minimum absolute atomic E-state index is 0.000479. The lowest BCUT2D eigenvalue weighted by atomic mass is 9.96. The van der Waals surface area contributed by atoms with Crippen molar-refractivity contribution in [2.75, 3.05) is 6.26 Å². The first-order valence-corrected chi connectivity index (χ1v) is 9.95. The first-order chi connectivity index (χ1) is 10.4. The van der Waals surface area contributed by atoms with Crippen LogP contribution in [0.5, 0.6) is 0 Å². The Morgan fingerprint density at radius 1 is 1.14 bits per heavy atom. The largest absolute Gasteiger partial charge is 0.349 e. The van der Waals surface area contributed by atoms with Crippen molar-refractivity contribution in [1.29, 1.82) is 0 Å². The maximum Gasteiger partial charge on any atom is 0.251 e. The monoisotopic (exact) mass is 343 g/mol. The Labute approximate surface area is 137 Å². The summed E-state index contributed by atoms with van der Waals surface area (Å²) in [6.07, 6.45) is 9.01. The Hall–Kier alpha value is -1.07. The molecule has 0 aromatic heterocycles. The van der Waals surface area contributed by atoms with Gasteiger partial charge in [0.2, 0.25) is 0 Å². The Balaban J connectivity index is 2.12. The number of hydrogen-bond donors (Lipinski definition) is 1. The van der Waals surface area contributed by atoms with Gasteiger partial charge in [-0.1, -0.05) is 43.7 Å². The molecule has 0 unspecified atom stereocenters. The number of nitrogens with one attached hydrogen (secondary N) is 1. The predicted octanol–water partition coefficient (Wildman–Crippen LogP) is 3.59. The lowest BCUT2D eigenvalue weighted by Crippen LogP contribution is -2.35. The molecule has 4 nitrogen and oxygen atoms in total. The van der Waals surface area contributed by atoms with Crippen LogP contribution in [0.2, 0.25) is 5.02 Å². The summed E-state index contributed by atoms with van der Waals surface area (Å²) in [5, 5.41) is 3.17. The van der Waals surface area contributed by atoms with E-state index in [9.17, 15) is 13.2 Å². The van der Waals surface area contributed by atoms with Crippen molar-refractivity contribution in [2.45, 2.75) is 55.9 Å². The van der Waals surface area contributed by atoms with Crippen molar-refractivity contribution in [3.63, 3.8) is 0 Å². The molecule has 1 aliphatic rings. The van der Waals surface area contributed by atoms with E-state index in [1.165, 1.54) is 31.4 Å². The van der Waals surface area contributed by atoms with Crippen LogP contribution < -0.4 is 5.32 Å². The molecule has 0 aliphatic heterocycles. The predicted molar refractivity (Wildman–Crippen MR) is 88.1 cm³/mol. The summed E-state index contributed by atoms with van der Waals surface area (Å²) in [4.78, 5) is 12.4. The van der Waals surface area contributed by atoms with E-state index in [1.807, 2.05) is 0 Å². The molecule has 0 atom stereocenters. The standard InChI is InChI=1S/C16H22ClNO3S/c1-22(20,21)15-11-12(9-10-14(15)17)16(19)18-13-7-5-3-2-4-6-8-13/h9-11,13H,2-8H2,1H3,(H,18,19). The molecular weight excluding hydrogens is 322 g/mol. The molecule has 1 aromatic carbocycles. The number of rotatable bonds is 3. The smallest absolute Gasteiger partial charge is 0.251 e. The SMILES string of the molecule is CS(=O)(=O)c1cc(C(=O)NC2CCCCCCC2)ccc1Cl. The summed E-state index contributed by atoms with van der Waals surface area (Å²) >= 11 is 5.91. The van der Waals surface area contributed by atoms with Crippen LogP contribution in [-0.2, 0) is 9.84 Å². The zero-order valence-electron chi connectivity index (χ0n) is 12.8. The molecule has 1 fully saturated rings.